The molecular formula is C29H36N2O5. The number of carbonyl (C=O) groups is 1. The average Bonchev–Trinajstić information content (AvgIpc) is 3.27. The van der Waals surface area contributed by atoms with Crippen LogP contribution < -0.4 is 18.9 Å². The van der Waals surface area contributed by atoms with Gasteiger partial charge in [-0.05, 0) is 74.9 Å². The molecule has 0 unspecified atom stereocenters. The maximum absolute atomic E-state index is 12.3. The van der Waals surface area contributed by atoms with Gasteiger partial charge in [0.2, 0.25) is 5.91 Å². The molecule has 0 saturated carbocycles. The van der Waals surface area contributed by atoms with Crippen molar-refractivity contribution in [2.45, 2.75) is 53.5 Å². The van der Waals surface area contributed by atoms with Gasteiger partial charge in [-0.3, -0.25) is 9.78 Å². The highest BCUT2D eigenvalue weighted by Gasteiger charge is 2.22. The van der Waals surface area contributed by atoms with Gasteiger partial charge in [0, 0.05) is 37.5 Å². The van der Waals surface area contributed by atoms with Gasteiger partial charge >= 0.3 is 0 Å². The maximum atomic E-state index is 12.3. The standard InChI is InChI=1S/C29H36N2O5/c1-5-33-25-12-11-20(15-26(25)34-6-2)14-24-23-17-28(36-8-4)27(35-7-3)16-22(23)21(18-30-24)19-31-13-9-10-29(31)32/h11-12,15-18H,5-10,13-14,19H2,1-4H3. The highest BCUT2D eigenvalue weighted by molar-refractivity contribution is 5.91. The van der Waals surface area contributed by atoms with E-state index in [0.717, 1.165) is 52.1 Å². The first-order chi connectivity index (χ1) is 17.6. The molecule has 0 radical (unpaired) electrons. The molecule has 4 rings (SSSR count). The van der Waals surface area contributed by atoms with E-state index < -0.39 is 0 Å². The van der Waals surface area contributed by atoms with Crippen molar-refractivity contribution in [3.63, 3.8) is 0 Å². The lowest BCUT2D eigenvalue weighted by Gasteiger charge is -2.20. The molecule has 1 amide bonds. The number of likely N-dealkylation sites (tertiary alicyclic amines) is 1. The molecule has 1 aliphatic heterocycles. The van der Waals surface area contributed by atoms with Crippen molar-refractivity contribution in [1.29, 1.82) is 0 Å². The summed E-state index contributed by atoms with van der Waals surface area (Å²) in [6, 6.07) is 10.1. The number of amides is 1. The zero-order valence-corrected chi connectivity index (χ0v) is 21.8. The predicted octanol–water partition coefficient (Wildman–Crippen LogP) is 5.54. The van der Waals surface area contributed by atoms with Gasteiger partial charge in [0.1, 0.15) is 0 Å². The fraction of sp³-hybridized carbons (Fsp3) is 0.448. The number of fused-ring (bicyclic) bond motifs is 1. The average molecular weight is 493 g/mol. The van der Waals surface area contributed by atoms with Crippen LogP contribution in [0.25, 0.3) is 10.8 Å². The fourth-order valence-corrected chi connectivity index (χ4v) is 4.64. The Kier molecular flexibility index (Phi) is 8.52. The minimum atomic E-state index is 0.195. The molecule has 1 aromatic heterocycles. The molecule has 3 aromatic rings. The van der Waals surface area contributed by atoms with Crippen molar-refractivity contribution in [3.8, 4) is 23.0 Å². The topological polar surface area (TPSA) is 70.1 Å². The SMILES string of the molecule is CCOc1ccc(Cc2ncc(CN3CCCC3=O)c3cc(OCC)c(OCC)cc23)cc1OCC. The molecular weight excluding hydrogens is 456 g/mol. The molecule has 36 heavy (non-hydrogen) atoms. The van der Waals surface area contributed by atoms with Crippen LogP contribution in [-0.4, -0.2) is 48.8 Å². The number of hydrogen-bond donors (Lipinski definition) is 0. The lowest BCUT2D eigenvalue weighted by Crippen LogP contribution is -2.24. The van der Waals surface area contributed by atoms with Crippen molar-refractivity contribution in [3.05, 3.63) is 53.3 Å². The summed E-state index contributed by atoms with van der Waals surface area (Å²) < 4.78 is 23.4. The molecule has 7 heteroatoms. The summed E-state index contributed by atoms with van der Waals surface area (Å²) >= 11 is 0. The number of rotatable bonds is 12. The summed E-state index contributed by atoms with van der Waals surface area (Å²) in [7, 11) is 0. The smallest absolute Gasteiger partial charge is 0.222 e. The third-order valence-corrected chi connectivity index (χ3v) is 6.23. The Morgan fingerprint density at radius 2 is 1.42 bits per heavy atom. The van der Waals surface area contributed by atoms with Crippen LogP contribution in [-0.2, 0) is 17.8 Å². The van der Waals surface area contributed by atoms with E-state index in [9.17, 15) is 4.79 Å². The number of pyridine rings is 1. The van der Waals surface area contributed by atoms with Crippen molar-refractivity contribution >= 4 is 16.7 Å². The van der Waals surface area contributed by atoms with Gasteiger partial charge in [0.25, 0.3) is 0 Å². The fourth-order valence-electron chi connectivity index (χ4n) is 4.64. The maximum Gasteiger partial charge on any atom is 0.222 e. The summed E-state index contributed by atoms with van der Waals surface area (Å²) in [5, 5.41) is 2.03. The Labute approximate surface area is 213 Å². The molecule has 1 aliphatic rings. The van der Waals surface area contributed by atoms with Gasteiger partial charge < -0.3 is 23.8 Å². The Hall–Kier alpha value is -3.48. The Morgan fingerprint density at radius 3 is 2.03 bits per heavy atom. The van der Waals surface area contributed by atoms with Gasteiger partial charge in [0.05, 0.1) is 32.1 Å². The van der Waals surface area contributed by atoms with E-state index in [-0.39, 0.29) is 5.91 Å². The first kappa shape index (κ1) is 25.6. The van der Waals surface area contributed by atoms with Crippen LogP contribution in [0.15, 0.2) is 36.5 Å². The molecule has 0 bridgehead atoms. The van der Waals surface area contributed by atoms with Crippen molar-refractivity contribution < 1.29 is 23.7 Å². The third kappa shape index (κ3) is 5.66. The second-order valence-electron chi connectivity index (χ2n) is 8.68. The lowest BCUT2D eigenvalue weighted by molar-refractivity contribution is -0.128. The Morgan fingerprint density at radius 1 is 0.806 bits per heavy atom. The second-order valence-corrected chi connectivity index (χ2v) is 8.68. The number of benzene rings is 2. The van der Waals surface area contributed by atoms with E-state index in [1.807, 2.05) is 63.1 Å². The first-order valence-corrected chi connectivity index (χ1v) is 12.9. The number of hydrogen-bond acceptors (Lipinski definition) is 6. The minimum Gasteiger partial charge on any atom is -0.490 e. The zero-order valence-electron chi connectivity index (χ0n) is 21.8. The van der Waals surface area contributed by atoms with Crippen LogP contribution in [0, 0.1) is 0 Å². The quantitative estimate of drug-likeness (QED) is 0.331. The van der Waals surface area contributed by atoms with E-state index in [1.54, 1.807) is 0 Å². The Balaban J connectivity index is 1.78. The van der Waals surface area contributed by atoms with Crippen molar-refractivity contribution in [2.75, 3.05) is 33.0 Å². The van der Waals surface area contributed by atoms with Crippen LogP contribution in [0.2, 0.25) is 0 Å². The monoisotopic (exact) mass is 492 g/mol. The van der Waals surface area contributed by atoms with Gasteiger partial charge in [-0.1, -0.05) is 6.07 Å². The summed E-state index contributed by atoms with van der Waals surface area (Å²) in [5.74, 6) is 3.08. The molecule has 0 atom stereocenters. The normalized spacial score (nSPS) is 13.3. The number of nitrogens with zero attached hydrogens (tertiary/aromatic N) is 2. The van der Waals surface area contributed by atoms with Gasteiger partial charge in [-0.15, -0.1) is 0 Å². The van der Waals surface area contributed by atoms with E-state index >= 15 is 0 Å². The Bertz CT molecular complexity index is 1210. The second kappa shape index (κ2) is 12.0. The van der Waals surface area contributed by atoms with Gasteiger partial charge in [-0.25, -0.2) is 0 Å². The third-order valence-electron chi connectivity index (χ3n) is 6.23. The van der Waals surface area contributed by atoms with Gasteiger partial charge in [-0.2, -0.15) is 0 Å². The molecule has 7 nitrogen and oxygen atoms in total. The molecule has 2 heterocycles. The highest BCUT2D eigenvalue weighted by atomic mass is 16.5. The summed E-state index contributed by atoms with van der Waals surface area (Å²) in [5.41, 5.74) is 3.01. The zero-order chi connectivity index (χ0) is 25.5. The van der Waals surface area contributed by atoms with Crippen molar-refractivity contribution in [1.82, 2.24) is 9.88 Å². The highest BCUT2D eigenvalue weighted by Crippen LogP contribution is 2.37. The predicted molar refractivity (Wildman–Crippen MR) is 140 cm³/mol. The molecule has 2 aromatic carbocycles. The molecule has 1 saturated heterocycles. The molecule has 192 valence electrons. The van der Waals surface area contributed by atoms with Crippen LogP contribution in [0.5, 0.6) is 23.0 Å². The van der Waals surface area contributed by atoms with Crippen LogP contribution in [0.1, 0.15) is 57.4 Å². The molecule has 0 N–H and O–H groups in total. The largest absolute Gasteiger partial charge is 0.490 e. The summed E-state index contributed by atoms with van der Waals surface area (Å²) in [6.07, 6.45) is 4.03. The number of aromatic nitrogens is 1. The van der Waals surface area contributed by atoms with Crippen LogP contribution >= 0.6 is 0 Å². The number of ether oxygens (including phenoxy) is 4. The van der Waals surface area contributed by atoms with E-state index in [2.05, 4.69) is 6.07 Å². The van der Waals surface area contributed by atoms with E-state index in [0.29, 0.717) is 57.3 Å². The van der Waals surface area contributed by atoms with E-state index in [4.69, 9.17) is 23.9 Å². The number of carbonyl (C=O) groups excluding carboxylic acids is 1. The molecule has 0 aliphatic carbocycles. The first-order valence-electron chi connectivity index (χ1n) is 12.9. The van der Waals surface area contributed by atoms with Gasteiger partial charge in [0.15, 0.2) is 23.0 Å². The van der Waals surface area contributed by atoms with E-state index in [1.165, 1.54) is 0 Å². The molecule has 1 fully saturated rings. The summed E-state index contributed by atoms with van der Waals surface area (Å²) in [4.78, 5) is 19.1. The van der Waals surface area contributed by atoms with Crippen LogP contribution in [0.4, 0.5) is 0 Å². The van der Waals surface area contributed by atoms with Crippen molar-refractivity contribution in [2.24, 2.45) is 0 Å². The lowest BCUT2D eigenvalue weighted by atomic mass is 9.99. The molecule has 0 spiro atoms. The summed E-state index contributed by atoms with van der Waals surface area (Å²) in [6.45, 7) is 11.4. The van der Waals surface area contributed by atoms with Crippen LogP contribution in [0.3, 0.4) is 0 Å². The minimum absolute atomic E-state index is 0.195.